The molecule has 2 saturated heterocycles. The van der Waals surface area contributed by atoms with Crippen LogP contribution in [0.1, 0.15) is 44.6 Å². The van der Waals surface area contributed by atoms with Gasteiger partial charge in [0.25, 0.3) is 0 Å². The van der Waals surface area contributed by atoms with E-state index in [0.29, 0.717) is 24.6 Å². The maximum atomic E-state index is 12.0. The number of carbonyl (C=O) groups excluding carboxylic acids is 1. The minimum absolute atomic E-state index is 0.147. The fourth-order valence-corrected chi connectivity index (χ4v) is 5.32. The standard InChI is InChI=1S/C22H29N3O2/c1-2-27-21(26)25-15-17-14-24(13-10-20(17)25)19-8-11-22(16-23,12-9-19)18-6-4-3-5-7-18/h3-7,17,19-20H,2,8-15H2,1H3. The topological polar surface area (TPSA) is 56.6 Å². The van der Waals surface area contributed by atoms with Crippen molar-refractivity contribution >= 4 is 6.09 Å². The number of carbonyl (C=O) groups is 1. The monoisotopic (exact) mass is 367 g/mol. The largest absolute Gasteiger partial charge is 0.450 e. The number of fused-ring (bicyclic) bond motifs is 1. The Balaban J connectivity index is 1.33. The Hall–Kier alpha value is -2.06. The molecule has 1 aromatic carbocycles. The average molecular weight is 367 g/mol. The number of hydrogen-bond donors (Lipinski definition) is 0. The van der Waals surface area contributed by atoms with E-state index < -0.39 is 0 Å². The number of nitriles is 1. The predicted octanol–water partition coefficient (Wildman–Crippen LogP) is 3.55. The van der Waals surface area contributed by atoms with Gasteiger partial charge in [-0.2, -0.15) is 5.26 Å². The van der Waals surface area contributed by atoms with E-state index in [9.17, 15) is 10.1 Å². The summed E-state index contributed by atoms with van der Waals surface area (Å²) in [5, 5.41) is 9.89. The molecule has 5 heteroatoms. The van der Waals surface area contributed by atoms with Gasteiger partial charge in [-0.3, -0.25) is 4.90 Å². The lowest BCUT2D eigenvalue weighted by Crippen LogP contribution is -2.66. The van der Waals surface area contributed by atoms with Crippen LogP contribution >= 0.6 is 0 Å². The van der Waals surface area contributed by atoms with Gasteiger partial charge in [-0.1, -0.05) is 30.3 Å². The number of benzene rings is 1. The lowest BCUT2D eigenvalue weighted by atomic mass is 9.68. The number of ether oxygens (including phenoxy) is 1. The van der Waals surface area contributed by atoms with Gasteiger partial charge in [0.05, 0.1) is 18.1 Å². The van der Waals surface area contributed by atoms with E-state index in [1.165, 1.54) is 5.56 Å². The maximum Gasteiger partial charge on any atom is 0.410 e. The van der Waals surface area contributed by atoms with Gasteiger partial charge < -0.3 is 9.64 Å². The third-order valence-corrected chi connectivity index (χ3v) is 6.92. The summed E-state index contributed by atoms with van der Waals surface area (Å²) in [5.41, 5.74) is 0.863. The molecule has 0 radical (unpaired) electrons. The molecule has 0 N–H and O–H groups in total. The summed E-state index contributed by atoms with van der Waals surface area (Å²) in [6.07, 6.45) is 4.95. The summed E-state index contributed by atoms with van der Waals surface area (Å²) in [4.78, 5) is 16.5. The Kier molecular flexibility index (Phi) is 5.10. The van der Waals surface area contributed by atoms with Crippen molar-refractivity contribution in [3.63, 3.8) is 0 Å². The van der Waals surface area contributed by atoms with Crippen LogP contribution in [0, 0.1) is 17.2 Å². The van der Waals surface area contributed by atoms with Crippen molar-refractivity contribution in [2.45, 2.75) is 56.5 Å². The Bertz CT molecular complexity index is 706. The summed E-state index contributed by atoms with van der Waals surface area (Å²) >= 11 is 0. The Morgan fingerprint density at radius 1 is 1.22 bits per heavy atom. The van der Waals surface area contributed by atoms with E-state index >= 15 is 0 Å². The molecule has 4 rings (SSSR count). The zero-order chi connectivity index (χ0) is 18.9. The summed E-state index contributed by atoms with van der Waals surface area (Å²) in [6, 6.07) is 13.9. The van der Waals surface area contributed by atoms with Crippen molar-refractivity contribution in [3.05, 3.63) is 35.9 Å². The van der Waals surface area contributed by atoms with Gasteiger partial charge in [0.15, 0.2) is 0 Å². The number of piperidine rings is 1. The summed E-state index contributed by atoms with van der Waals surface area (Å²) < 4.78 is 5.16. The molecular weight excluding hydrogens is 338 g/mol. The third kappa shape index (κ3) is 3.32. The second-order valence-corrected chi connectivity index (χ2v) is 8.25. The zero-order valence-corrected chi connectivity index (χ0v) is 16.1. The fourth-order valence-electron chi connectivity index (χ4n) is 5.32. The van der Waals surface area contributed by atoms with Crippen molar-refractivity contribution in [3.8, 4) is 6.07 Å². The molecule has 2 unspecified atom stereocenters. The number of likely N-dealkylation sites (tertiary alicyclic amines) is 2. The average Bonchev–Trinajstić information content (AvgIpc) is 2.70. The van der Waals surface area contributed by atoms with Crippen LogP contribution in [0.5, 0.6) is 0 Å². The number of hydrogen-bond acceptors (Lipinski definition) is 4. The van der Waals surface area contributed by atoms with Gasteiger partial charge in [0.2, 0.25) is 0 Å². The van der Waals surface area contributed by atoms with Crippen LogP contribution in [0.25, 0.3) is 0 Å². The molecule has 0 bridgehead atoms. The van der Waals surface area contributed by atoms with Crippen LogP contribution in [-0.2, 0) is 10.2 Å². The molecule has 2 aliphatic heterocycles. The number of amides is 1. The van der Waals surface area contributed by atoms with E-state index in [0.717, 1.165) is 51.7 Å². The molecule has 3 aliphatic rings. The quantitative estimate of drug-likeness (QED) is 0.820. The Morgan fingerprint density at radius 2 is 1.96 bits per heavy atom. The van der Waals surface area contributed by atoms with Crippen LogP contribution in [0.3, 0.4) is 0 Å². The van der Waals surface area contributed by atoms with Crippen molar-refractivity contribution in [1.82, 2.24) is 9.80 Å². The highest BCUT2D eigenvalue weighted by Crippen LogP contribution is 2.42. The highest BCUT2D eigenvalue weighted by Gasteiger charge is 2.47. The molecule has 27 heavy (non-hydrogen) atoms. The molecule has 1 aliphatic carbocycles. The van der Waals surface area contributed by atoms with Gasteiger partial charge in [-0.15, -0.1) is 0 Å². The van der Waals surface area contributed by atoms with Gasteiger partial charge in [0.1, 0.15) is 0 Å². The van der Waals surface area contributed by atoms with Gasteiger partial charge in [-0.05, 0) is 44.6 Å². The first kappa shape index (κ1) is 18.3. The lowest BCUT2D eigenvalue weighted by molar-refractivity contribution is -0.0512. The van der Waals surface area contributed by atoms with Gasteiger partial charge >= 0.3 is 6.09 Å². The molecule has 0 aromatic heterocycles. The van der Waals surface area contributed by atoms with E-state index in [-0.39, 0.29) is 11.5 Å². The van der Waals surface area contributed by atoms with E-state index in [2.05, 4.69) is 23.1 Å². The van der Waals surface area contributed by atoms with E-state index in [1.54, 1.807) is 0 Å². The van der Waals surface area contributed by atoms with Crippen molar-refractivity contribution in [2.75, 3.05) is 26.2 Å². The van der Waals surface area contributed by atoms with E-state index in [4.69, 9.17) is 4.74 Å². The predicted molar refractivity (Wildman–Crippen MR) is 103 cm³/mol. The van der Waals surface area contributed by atoms with Crippen LogP contribution < -0.4 is 0 Å². The van der Waals surface area contributed by atoms with Crippen LogP contribution in [0.2, 0.25) is 0 Å². The first-order valence-corrected chi connectivity index (χ1v) is 10.3. The van der Waals surface area contributed by atoms with Crippen molar-refractivity contribution in [1.29, 1.82) is 5.26 Å². The maximum absolute atomic E-state index is 12.0. The summed E-state index contributed by atoms with van der Waals surface area (Å²) in [5.74, 6) is 0.583. The third-order valence-electron chi connectivity index (χ3n) is 6.92. The van der Waals surface area contributed by atoms with E-state index in [1.807, 2.05) is 30.0 Å². The molecule has 5 nitrogen and oxygen atoms in total. The minimum Gasteiger partial charge on any atom is -0.450 e. The van der Waals surface area contributed by atoms with Crippen LogP contribution in [-0.4, -0.2) is 54.2 Å². The molecule has 144 valence electrons. The van der Waals surface area contributed by atoms with Gasteiger partial charge in [-0.25, -0.2) is 4.79 Å². The SMILES string of the molecule is CCOC(=O)N1CC2CN(C3CCC(C#N)(c4ccccc4)CC3)CCC21. The molecule has 3 fully saturated rings. The molecule has 1 amide bonds. The molecule has 1 aromatic rings. The van der Waals surface area contributed by atoms with Crippen molar-refractivity contribution < 1.29 is 9.53 Å². The second-order valence-electron chi connectivity index (χ2n) is 8.25. The number of nitrogens with zero attached hydrogens (tertiary/aromatic N) is 3. The molecule has 1 saturated carbocycles. The lowest BCUT2D eigenvalue weighted by Gasteiger charge is -2.54. The Morgan fingerprint density at radius 3 is 2.59 bits per heavy atom. The molecule has 2 heterocycles. The zero-order valence-electron chi connectivity index (χ0n) is 16.1. The van der Waals surface area contributed by atoms with Gasteiger partial charge in [0, 0.05) is 37.6 Å². The smallest absolute Gasteiger partial charge is 0.410 e. The van der Waals surface area contributed by atoms with Crippen molar-refractivity contribution in [2.24, 2.45) is 5.92 Å². The fraction of sp³-hybridized carbons (Fsp3) is 0.636. The van der Waals surface area contributed by atoms with Crippen LogP contribution in [0.15, 0.2) is 30.3 Å². The first-order valence-electron chi connectivity index (χ1n) is 10.3. The number of rotatable bonds is 3. The summed E-state index contributed by atoms with van der Waals surface area (Å²) in [6.45, 7) is 5.27. The second kappa shape index (κ2) is 7.52. The highest BCUT2D eigenvalue weighted by atomic mass is 16.6. The first-order chi connectivity index (χ1) is 13.2. The normalized spacial score (nSPS) is 33.5. The summed E-state index contributed by atoms with van der Waals surface area (Å²) in [7, 11) is 0. The molecular formula is C22H29N3O2. The minimum atomic E-state index is -0.312. The Labute approximate surface area is 161 Å². The highest BCUT2D eigenvalue weighted by molar-refractivity contribution is 5.69. The molecule has 0 spiro atoms. The molecule has 2 atom stereocenters. The van der Waals surface area contributed by atoms with Crippen LogP contribution in [0.4, 0.5) is 4.79 Å².